The lowest BCUT2D eigenvalue weighted by Crippen LogP contribution is -2.17. The van der Waals surface area contributed by atoms with Crippen molar-refractivity contribution in [1.82, 2.24) is 9.55 Å². The van der Waals surface area contributed by atoms with Gasteiger partial charge < -0.3 is 15.0 Å². The molecular formula is C15H20BrN3O. The second-order valence-corrected chi connectivity index (χ2v) is 5.80. The van der Waals surface area contributed by atoms with Gasteiger partial charge in [0, 0.05) is 25.0 Å². The molecule has 1 heterocycles. The van der Waals surface area contributed by atoms with E-state index in [1.54, 1.807) is 6.20 Å². The van der Waals surface area contributed by atoms with Crippen LogP contribution in [-0.2, 0) is 13.0 Å². The highest BCUT2D eigenvalue weighted by Crippen LogP contribution is 2.26. The molecule has 0 fully saturated rings. The fraction of sp³-hybridized carbons (Fsp3) is 0.400. The maximum absolute atomic E-state index is 5.80. The first-order valence-electron chi connectivity index (χ1n) is 6.77. The molecule has 0 amide bonds. The van der Waals surface area contributed by atoms with E-state index in [1.807, 2.05) is 30.1 Å². The Morgan fingerprint density at radius 3 is 2.95 bits per heavy atom. The monoisotopic (exact) mass is 337 g/mol. The van der Waals surface area contributed by atoms with E-state index in [9.17, 15) is 0 Å². The van der Waals surface area contributed by atoms with Crippen LogP contribution in [0.3, 0.4) is 0 Å². The maximum atomic E-state index is 5.80. The lowest BCUT2D eigenvalue weighted by molar-refractivity contribution is 0.300. The Hall–Kier alpha value is -1.33. The van der Waals surface area contributed by atoms with Crippen LogP contribution in [-0.4, -0.2) is 22.2 Å². The summed E-state index contributed by atoms with van der Waals surface area (Å²) in [5, 5.41) is 0. The van der Waals surface area contributed by atoms with Crippen molar-refractivity contribution in [3.63, 3.8) is 0 Å². The number of rotatable bonds is 7. The first-order valence-corrected chi connectivity index (χ1v) is 7.57. The number of halogens is 1. The highest BCUT2D eigenvalue weighted by molar-refractivity contribution is 9.10. The van der Waals surface area contributed by atoms with E-state index >= 15 is 0 Å². The molecule has 2 N–H and O–H groups in total. The molecule has 2 aromatic rings. The maximum Gasteiger partial charge on any atom is 0.133 e. The summed E-state index contributed by atoms with van der Waals surface area (Å²) in [6, 6.07) is 6.32. The molecule has 0 radical (unpaired) electrons. The molecule has 1 atom stereocenters. The summed E-state index contributed by atoms with van der Waals surface area (Å²) in [7, 11) is 0. The molecule has 0 aliphatic carbocycles. The Labute approximate surface area is 128 Å². The fourth-order valence-corrected chi connectivity index (χ4v) is 2.55. The molecule has 20 heavy (non-hydrogen) atoms. The van der Waals surface area contributed by atoms with Crippen molar-refractivity contribution in [2.45, 2.75) is 32.4 Å². The first-order chi connectivity index (χ1) is 9.65. The predicted molar refractivity (Wildman–Crippen MR) is 83.8 cm³/mol. The Bertz CT molecular complexity index is 526. The van der Waals surface area contributed by atoms with Crippen molar-refractivity contribution in [2.24, 2.45) is 5.73 Å². The van der Waals surface area contributed by atoms with Crippen LogP contribution in [0.1, 0.15) is 18.9 Å². The SMILES string of the molecule is CC(N)Cc1ccc(OCCCn2ccnc2)c(Br)c1. The van der Waals surface area contributed by atoms with Crippen LogP contribution in [0.2, 0.25) is 0 Å². The minimum Gasteiger partial charge on any atom is -0.492 e. The quantitative estimate of drug-likeness (QED) is 0.790. The number of ether oxygens (including phenoxy) is 1. The molecule has 0 bridgehead atoms. The number of hydrogen-bond acceptors (Lipinski definition) is 3. The van der Waals surface area contributed by atoms with Crippen molar-refractivity contribution >= 4 is 15.9 Å². The first kappa shape index (κ1) is 15.1. The van der Waals surface area contributed by atoms with Gasteiger partial charge in [-0.1, -0.05) is 6.07 Å². The van der Waals surface area contributed by atoms with Crippen LogP contribution < -0.4 is 10.5 Å². The van der Waals surface area contributed by atoms with Gasteiger partial charge in [-0.15, -0.1) is 0 Å². The van der Waals surface area contributed by atoms with E-state index in [0.717, 1.165) is 29.6 Å². The van der Waals surface area contributed by atoms with Crippen molar-refractivity contribution in [3.8, 4) is 5.75 Å². The van der Waals surface area contributed by atoms with Gasteiger partial charge in [-0.2, -0.15) is 0 Å². The van der Waals surface area contributed by atoms with E-state index in [1.165, 1.54) is 5.56 Å². The Morgan fingerprint density at radius 1 is 1.45 bits per heavy atom. The van der Waals surface area contributed by atoms with E-state index in [4.69, 9.17) is 10.5 Å². The predicted octanol–water partition coefficient (Wildman–Crippen LogP) is 3.00. The van der Waals surface area contributed by atoms with Crippen LogP contribution in [0.5, 0.6) is 5.75 Å². The largest absolute Gasteiger partial charge is 0.492 e. The van der Waals surface area contributed by atoms with Crippen LogP contribution in [0.4, 0.5) is 0 Å². The zero-order valence-corrected chi connectivity index (χ0v) is 13.2. The van der Waals surface area contributed by atoms with E-state index < -0.39 is 0 Å². The van der Waals surface area contributed by atoms with Crippen LogP contribution in [0.15, 0.2) is 41.4 Å². The van der Waals surface area contributed by atoms with Gasteiger partial charge in [0.2, 0.25) is 0 Å². The highest BCUT2D eigenvalue weighted by atomic mass is 79.9. The van der Waals surface area contributed by atoms with E-state index in [-0.39, 0.29) is 6.04 Å². The third kappa shape index (κ3) is 4.65. The minimum absolute atomic E-state index is 0.170. The molecule has 0 spiro atoms. The molecule has 0 aliphatic rings. The van der Waals surface area contributed by atoms with Crippen LogP contribution >= 0.6 is 15.9 Å². The lowest BCUT2D eigenvalue weighted by Gasteiger charge is -2.11. The molecule has 0 saturated carbocycles. The topological polar surface area (TPSA) is 53.1 Å². The highest BCUT2D eigenvalue weighted by Gasteiger charge is 2.04. The lowest BCUT2D eigenvalue weighted by atomic mass is 10.1. The molecule has 2 rings (SSSR count). The smallest absolute Gasteiger partial charge is 0.133 e. The van der Waals surface area contributed by atoms with Gasteiger partial charge in [0.15, 0.2) is 0 Å². The number of aryl methyl sites for hydroxylation is 1. The normalized spacial score (nSPS) is 12.3. The molecule has 0 aliphatic heterocycles. The zero-order valence-electron chi connectivity index (χ0n) is 11.6. The summed E-state index contributed by atoms with van der Waals surface area (Å²) < 4.78 is 8.81. The summed E-state index contributed by atoms with van der Waals surface area (Å²) in [5.74, 6) is 0.879. The minimum atomic E-state index is 0.170. The fourth-order valence-electron chi connectivity index (χ4n) is 2.01. The Morgan fingerprint density at radius 2 is 2.30 bits per heavy atom. The van der Waals surface area contributed by atoms with Gasteiger partial charge in [-0.3, -0.25) is 0 Å². The van der Waals surface area contributed by atoms with E-state index in [0.29, 0.717) is 6.61 Å². The molecule has 1 unspecified atom stereocenters. The molecule has 4 nitrogen and oxygen atoms in total. The molecule has 1 aromatic carbocycles. The average Bonchev–Trinajstić information content (AvgIpc) is 2.89. The van der Waals surface area contributed by atoms with Crippen molar-refractivity contribution < 1.29 is 4.74 Å². The molecule has 0 saturated heterocycles. The molecular weight excluding hydrogens is 318 g/mol. The number of nitrogens with two attached hydrogens (primary N) is 1. The van der Waals surface area contributed by atoms with Crippen LogP contribution in [0, 0.1) is 0 Å². The van der Waals surface area contributed by atoms with Crippen molar-refractivity contribution in [3.05, 3.63) is 47.0 Å². The van der Waals surface area contributed by atoms with Gasteiger partial charge in [0.1, 0.15) is 5.75 Å². The third-order valence-corrected chi connectivity index (χ3v) is 3.55. The second-order valence-electron chi connectivity index (χ2n) is 4.95. The van der Waals surface area contributed by atoms with Gasteiger partial charge in [0.25, 0.3) is 0 Å². The zero-order chi connectivity index (χ0) is 14.4. The number of aromatic nitrogens is 2. The summed E-state index contributed by atoms with van der Waals surface area (Å²) >= 11 is 3.55. The Kier molecular flexibility index (Phi) is 5.61. The second kappa shape index (κ2) is 7.45. The molecule has 108 valence electrons. The summed E-state index contributed by atoms with van der Waals surface area (Å²) in [6.07, 6.45) is 7.38. The standard InChI is InChI=1S/C15H20BrN3O/c1-12(17)9-13-3-4-15(14(16)10-13)20-8-2-6-19-7-5-18-11-19/h3-5,7,10-12H,2,6,8-9,17H2,1H3. The van der Waals surface area contributed by atoms with Gasteiger partial charge >= 0.3 is 0 Å². The number of hydrogen-bond donors (Lipinski definition) is 1. The number of nitrogens with zero attached hydrogens (tertiary/aromatic N) is 2. The number of benzene rings is 1. The van der Waals surface area contributed by atoms with Gasteiger partial charge in [-0.05, 0) is 53.4 Å². The van der Waals surface area contributed by atoms with Crippen LogP contribution in [0.25, 0.3) is 0 Å². The van der Waals surface area contributed by atoms with Gasteiger partial charge in [-0.25, -0.2) is 4.98 Å². The van der Waals surface area contributed by atoms with Gasteiger partial charge in [0.05, 0.1) is 17.4 Å². The summed E-state index contributed by atoms with van der Waals surface area (Å²) in [4.78, 5) is 4.01. The number of imidazole rings is 1. The average molecular weight is 338 g/mol. The third-order valence-electron chi connectivity index (χ3n) is 2.93. The van der Waals surface area contributed by atoms with E-state index in [2.05, 4.69) is 33.0 Å². The summed E-state index contributed by atoms with van der Waals surface area (Å²) in [6.45, 7) is 3.61. The van der Waals surface area contributed by atoms with Crippen molar-refractivity contribution in [2.75, 3.05) is 6.61 Å². The van der Waals surface area contributed by atoms with Crippen molar-refractivity contribution in [1.29, 1.82) is 0 Å². The molecule has 1 aromatic heterocycles. The summed E-state index contributed by atoms with van der Waals surface area (Å²) in [5.41, 5.74) is 7.02. The Balaban J connectivity index is 1.80. The molecule has 5 heteroatoms.